The molecule has 0 aromatic carbocycles. The number of pyridine rings is 1. The molecule has 0 saturated heterocycles. The molecule has 0 atom stereocenters. The van der Waals surface area contributed by atoms with Crippen LogP contribution in [0.4, 0.5) is 0 Å². The molecule has 0 bridgehead atoms. The molecule has 0 fully saturated rings. The fraction of sp³-hybridized carbons (Fsp3) is 0.429. The second-order valence-electron chi connectivity index (χ2n) is 4.10. The van der Waals surface area contributed by atoms with Gasteiger partial charge in [0.2, 0.25) is 0 Å². The molecule has 4 nitrogen and oxygen atoms in total. The van der Waals surface area contributed by atoms with E-state index in [0.717, 1.165) is 43.3 Å². The minimum atomic E-state index is 0.795. The van der Waals surface area contributed by atoms with Gasteiger partial charge in [-0.15, -0.1) is 11.3 Å². The van der Waals surface area contributed by atoms with Crippen LogP contribution in [0, 0.1) is 0 Å². The zero-order valence-corrected chi connectivity index (χ0v) is 11.9. The number of rotatable bonds is 8. The van der Waals surface area contributed by atoms with Gasteiger partial charge in [-0.25, -0.2) is 4.98 Å². The number of hydrogen-bond acceptors (Lipinski definition) is 5. The Hall–Kier alpha value is -1.30. The molecule has 2 rings (SSSR count). The van der Waals surface area contributed by atoms with Gasteiger partial charge >= 0.3 is 0 Å². The fourth-order valence-electron chi connectivity index (χ4n) is 1.67. The summed E-state index contributed by atoms with van der Waals surface area (Å²) in [5, 5.41) is 4.43. The first kappa shape index (κ1) is 14.1. The first-order valence-electron chi connectivity index (χ1n) is 6.53. The van der Waals surface area contributed by atoms with Gasteiger partial charge in [-0.2, -0.15) is 0 Å². The van der Waals surface area contributed by atoms with Crippen molar-refractivity contribution in [1.29, 1.82) is 0 Å². The van der Waals surface area contributed by atoms with Gasteiger partial charge in [0, 0.05) is 48.8 Å². The van der Waals surface area contributed by atoms with Gasteiger partial charge < -0.3 is 10.1 Å². The lowest BCUT2D eigenvalue weighted by molar-refractivity contribution is 0.144. The third-order valence-electron chi connectivity index (χ3n) is 2.61. The molecule has 102 valence electrons. The molecule has 0 saturated carbocycles. The second kappa shape index (κ2) is 7.99. The highest BCUT2D eigenvalue weighted by Gasteiger charge is 2.04. The normalized spacial score (nSPS) is 10.8. The van der Waals surface area contributed by atoms with Crippen LogP contribution in [0.15, 0.2) is 30.7 Å². The van der Waals surface area contributed by atoms with Crippen molar-refractivity contribution in [2.45, 2.75) is 19.9 Å². The zero-order valence-electron chi connectivity index (χ0n) is 11.1. The van der Waals surface area contributed by atoms with Gasteiger partial charge in [0.05, 0.1) is 0 Å². The summed E-state index contributed by atoms with van der Waals surface area (Å²) in [7, 11) is 0. The Kier molecular flexibility index (Phi) is 5.94. The molecule has 5 heteroatoms. The van der Waals surface area contributed by atoms with E-state index in [1.807, 2.05) is 31.5 Å². The van der Waals surface area contributed by atoms with Gasteiger partial charge in [0.25, 0.3) is 0 Å². The molecule has 0 aliphatic carbocycles. The quantitative estimate of drug-likeness (QED) is 0.754. The summed E-state index contributed by atoms with van der Waals surface area (Å²) in [5.74, 6) is 0. The highest BCUT2D eigenvalue weighted by atomic mass is 32.1. The van der Waals surface area contributed by atoms with Gasteiger partial charge in [0.1, 0.15) is 5.01 Å². The van der Waals surface area contributed by atoms with E-state index < -0.39 is 0 Å². The molecule has 0 radical (unpaired) electrons. The fourth-order valence-corrected chi connectivity index (χ4v) is 2.54. The van der Waals surface area contributed by atoms with Gasteiger partial charge in [-0.1, -0.05) is 0 Å². The Bertz CT molecular complexity index is 473. The van der Waals surface area contributed by atoms with Crippen molar-refractivity contribution < 1.29 is 4.74 Å². The maximum Gasteiger partial charge on any atom is 0.125 e. The average Bonchev–Trinajstić information content (AvgIpc) is 2.92. The second-order valence-corrected chi connectivity index (χ2v) is 5.22. The Morgan fingerprint density at radius 2 is 2.32 bits per heavy atom. The smallest absolute Gasteiger partial charge is 0.125 e. The van der Waals surface area contributed by atoms with Gasteiger partial charge in [-0.3, -0.25) is 4.98 Å². The first-order chi connectivity index (χ1) is 9.40. The van der Waals surface area contributed by atoms with Crippen molar-refractivity contribution >= 4 is 11.3 Å². The number of nitrogens with one attached hydrogen (secondary N) is 1. The Balaban J connectivity index is 1.75. The van der Waals surface area contributed by atoms with E-state index >= 15 is 0 Å². The lowest BCUT2D eigenvalue weighted by atomic mass is 10.3. The molecule has 2 aromatic rings. The molecule has 0 unspecified atom stereocenters. The van der Waals surface area contributed by atoms with E-state index in [4.69, 9.17) is 4.74 Å². The van der Waals surface area contributed by atoms with E-state index in [9.17, 15) is 0 Å². The average molecular weight is 277 g/mol. The topological polar surface area (TPSA) is 47.0 Å². The van der Waals surface area contributed by atoms with Crippen LogP contribution in [-0.2, 0) is 11.3 Å². The van der Waals surface area contributed by atoms with Crippen LogP contribution in [0.2, 0.25) is 0 Å². The third kappa shape index (κ3) is 4.70. The highest BCUT2D eigenvalue weighted by molar-refractivity contribution is 7.15. The summed E-state index contributed by atoms with van der Waals surface area (Å²) in [6, 6.07) is 3.97. The van der Waals surface area contributed by atoms with E-state index in [2.05, 4.69) is 15.3 Å². The van der Waals surface area contributed by atoms with Gasteiger partial charge in [-0.05, 0) is 32.0 Å². The van der Waals surface area contributed by atoms with Crippen LogP contribution >= 0.6 is 11.3 Å². The minimum Gasteiger partial charge on any atom is -0.382 e. The maximum absolute atomic E-state index is 5.29. The predicted molar refractivity (Wildman–Crippen MR) is 78.2 cm³/mol. The van der Waals surface area contributed by atoms with Crippen molar-refractivity contribution in [3.8, 4) is 10.6 Å². The standard InChI is InChI=1S/C14H19N3OS/c1-2-18-8-4-7-16-10-13-11-17-14(19-13)12-5-3-6-15-9-12/h3,5-6,9,11,16H,2,4,7-8,10H2,1H3. The lowest BCUT2D eigenvalue weighted by Crippen LogP contribution is -2.15. The van der Waals surface area contributed by atoms with Crippen molar-refractivity contribution in [2.24, 2.45) is 0 Å². The third-order valence-corrected chi connectivity index (χ3v) is 3.65. The number of thiazole rings is 1. The lowest BCUT2D eigenvalue weighted by Gasteiger charge is -2.02. The molecule has 0 aliphatic heterocycles. The molecule has 2 heterocycles. The first-order valence-corrected chi connectivity index (χ1v) is 7.35. The molecule has 0 aliphatic rings. The van der Waals surface area contributed by atoms with E-state index in [1.165, 1.54) is 4.88 Å². The molecule has 19 heavy (non-hydrogen) atoms. The molecular weight excluding hydrogens is 258 g/mol. The maximum atomic E-state index is 5.29. The Morgan fingerprint density at radius 3 is 3.11 bits per heavy atom. The number of hydrogen-bond donors (Lipinski definition) is 1. The molecule has 0 spiro atoms. The van der Waals surface area contributed by atoms with Crippen molar-refractivity contribution in [1.82, 2.24) is 15.3 Å². The van der Waals surface area contributed by atoms with Gasteiger partial charge in [0.15, 0.2) is 0 Å². The minimum absolute atomic E-state index is 0.795. The number of ether oxygens (including phenoxy) is 1. The zero-order chi connectivity index (χ0) is 13.3. The van der Waals surface area contributed by atoms with Crippen LogP contribution < -0.4 is 5.32 Å². The van der Waals surface area contributed by atoms with E-state index in [-0.39, 0.29) is 0 Å². The monoisotopic (exact) mass is 277 g/mol. The summed E-state index contributed by atoms with van der Waals surface area (Å²) in [6.45, 7) is 5.48. The summed E-state index contributed by atoms with van der Waals surface area (Å²) >= 11 is 1.71. The Labute approximate surface area is 117 Å². The number of aromatic nitrogens is 2. The van der Waals surface area contributed by atoms with Crippen LogP contribution in [-0.4, -0.2) is 29.7 Å². The van der Waals surface area contributed by atoms with Crippen molar-refractivity contribution in [3.63, 3.8) is 0 Å². The Morgan fingerprint density at radius 1 is 1.37 bits per heavy atom. The largest absolute Gasteiger partial charge is 0.382 e. The van der Waals surface area contributed by atoms with E-state index in [0.29, 0.717) is 0 Å². The summed E-state index contributed by atoms with van der Waals surface area (Å²) in [5.41, 5.74) is 1.08. The van der Waals surface area contributed by atoms with Crippen LogP contribution in [0.5, 0.6) is 0 Å². The molecule has 1 N–H and O–H groups in total. The summed E-state index contributed by atoms with van der Waals surface area (Å²) < 4.78 is 5.29. The number of nitrogens with zero attached hydrogens (tertiary/aromatic N) is 2. The summed E-state index contributed by atoms with van der Waals surface area (Å²) in [6.07, 6.45) is 6.60. The SMILES string of the molecule is CCOCCCNCc1cnc(-c2cccnc2)s1. The highest BCUT2D eigenvalue weighted by Crippen LogP contribution is 2.23. The molecular formula is C14H19N3OS. The predicted octanol–water partition coefficient (Wildman–Crippen LogP) is 2.72. The summed E-state index contributed by atoms with van der Waals surface area (Å²) in [4.78, 5) is 9.79. The van der Waals surface area contributed by atoms with Crippen molar-refractivity contribution in [3.05, 3.63) is 35.6 Å². The van der Waals surface area contributed by atoms with Crippen LogP contribution in [0.25, 0.3) is 10.6 Å². The molecule has 0 amide bonds. The van der Waals surface area contributed by atoms with Crippen LogP contribution in [0.3, 0.4) is 0 Å². The van der Waals surface area contributed by atoms with E-state index in [1.54, 1.807) is 17.5 Å². The van der Waals surface area contributed by atoms with Crippen molar-refractivity contribution in [2.75, 3.05) is 19.8 Å². The van der Waals surface area contributed by atoms with Crippen LogP contribution in [0.1, 0.15) is 18.2 Å². The molecule has 2 aromatic heterocycles.